The maximum Gasteiger partial charge on any atom is 0.168 e. The summed E-state index contributed by atoms with van der Waals surface area (Å²) in [5.41, 5.74) is 0. The van der Waals surface area contributed by atoms with Crippen LogP contribution in [-0.4, -0.2) is 24.7 Å². The molecule has 1 aromatic rings. The maximum absolute atomic E-state index is 11.4. The zero-order valence-electron chi connectivity index (χ0n) is 9.24. The first-order chi connectivity index (χ1) is 7.72. The Morgan fingerprint density at radius 1 is 1.38 bits per heavy atom. The van der Waals surface area contributed by atoms with E-state index in [1.165, 1.54) is 0 Å². The highest BCUT2D eigenvalue weighted by molar-refractivity contribution is 9.10. The Labute approximate surface area is 109 Å². The molecule has 0 saturated heterocycles. The molecule has 0 aromatic heterocycles. The van der Waals surface area contributed by atoms with Gasteiger partial charge in [0.05, 0.1) is 5.75 Å². The van der Waals surface area contributed by atoms with Gasteiger partial charge >= 0.3 is 0 Å². The number of halogens is 1. The SMILES string of the molecule is CCCOCC(=O)CSc1ccc(Br)cc1. The fraction of sp³-hybridized carbons (Fsp3) is 0.417. The molecule has 0 bridgehead atoms. The lowest BCUT2D eigenvalue weighted by atomic mass is 10.4. The fourth-order valence-electron chi connectivity index (χ4n) is 1.07. The molecule has 0 saturated carbocycles. The summed E-state index contributed by atoms with van der Waals surface area (Å²) in [7, 11) is 0. The molecule has 1 rings (SSSR count). The molecule has 88 valence electrons. The number of hydrogen-bond acceptors (Lipinski definition) is 3. The summed E-state index contributed by atoms with van der Waals surface area (Å²) in [6.45, 7) is 2.92. The van der Waals surface area contributed by atoms with Crippen LogP contribution in [0.25, 0.3) is 0 Å². The average molecular weight is 303 g/mol. The summed E-state index contributed by atoms with van der Waals surface area (Å²) in [6, 6.07) is 7.94. The summed E-state index contributed by atoms with van der Waals surface area (Å²) < 4.78 is 6.23. The summed E-state index contributed by atoms with van der Waals surface area (Å²) in [5.74, 6) is 0.618. The molecule has 1 aromatic carbocycles. The normalized spacial score (nSPS) is 10.4. The second-order valence-corrected chi connectivity index (χ2v) is 5.30. The third kappa shape index (κ3) is 5.68. The molecular formula is C12H15BrO2S. The number of ketones is 1. The van der Waals surface area contributed by atoms with Gasteiger partial charge in [0.15, 0.2) is 5.78 Å². The second-order valence-electron chi connectivity index (χ2n) is 3.33. The van der Waals surface area contributed by atoms with Crippen molar-refractivity contribution in [2.45, 2.75) is 18.2 Å². The molecule has 0 aliphatic carbocycles. The topological polar surface area (TPSA) is 26.3 Å². The molecule has 0 N–H and O–H groups in total. The molecule has 16 heavy (non-hydrogen) atoms. The number of thioether (sulfide) groups is 1. The van der Waals surface area contributed by atoms with Gasteiger partial charge < -0.3 is 4.74 Å². The van der Waals surface area contributed by atoms with Gasteiger partial charge in [-0.05, 0) is 30.7 Å². The molecule has 4 heteroatoms. The highest BCUT2D eigenvalue weighted by atomic mass is 79.9. The van der Waals surface area contributed by atoms with Crippen molar-refractivity contribution in [3.63, 3.8) is 0 Å². The third-order valence-electron chi connectivity index (χ3n) is 1.82. The van der Waals surface area contributed by atoms with Crippen LogP contribution in [-0.2, 0) is 9.53 Å². The van der Waals surface area contributed by atoms with Gasteiger partial charge in [-0.2, -0.15) is 0 Å². The number of benzene rings is 1. The predicted octanol–water partition coefficient (Wildman–Crippen LogP) is 3.54. The molecule has 0 atom stereocenters. The molecular weight excluding hydrogens is 288 g/mol. The van der Waals surface area contributed by atoms with E-state index in [-0.39, 0.29) is 12.4 Å². The Kier molecular flexibility index (Phi) is 6.76. The molecule has 0 amide bonds. The summed E-state index contributed by atoms with van der Waals surface area (Å²) >= 11 is 4.92. The Balaban J connectivity index is 2.23. The van der Waals surface area contributed by atoms with Gasteiger partial charge in [-0.1, -0.05) is 22.9 Å². The number of carbonyl (C=O) groups is 1. The lowest BCUT2D eigenvalue weighted by Gasteiger charge is -2.02. The van der Waals surface area contributed by atoms with Gasteiger partial charge in [-0.3, -0.25) is 4.79 Å². The van der Waals surface area contributed by atoms with E-state index in [0.29, 0.717) is 12.4 Å². The highest BCUT2D eigenvalue weighted by Crippen LogP contribution is 2.20. The summed E-state index contributed by atoms with van der Waals surface area (Å²) in [4.78, 5) is 12.5. The van der Waals surface area contributed by atoms with Crippen molar-refractivity contribution < 1.29 is 9.53 Å². The van der Waals surface area contributed by atoms with E-state index in [2.05, 4.69) is 15.9 Å². The fourth-order valence-corrected chi connectivity index (χ4v) is 2.07. The van der Waals surface area contributed by atoms with E-state index in [0.717, 1.165) is 15.8 Å². The first kappa shape index (κ1) is 13.7. The molecule has 0 aliphatic heterocycles. The number of ether oxygens (including phenoxy) is 1. The van der Waals surface area contributed by atoms with Crippen molar-refractivity contribution in [2.75, 3.05) is 19.0 Å². The summed E-state index contributed by atoms with van der Waals surface area (Å²) in [6.07, 6.45) is 0.952. The van der Waals surface area contributed by atoms with Crippen LogP contribution in [0.4, 0.5) is 0 Å². The van der Waals surface area contributed by atoms with Gasteiger partial charge in [-0.25, -0.2) is 0 Å². The third-order valence-corrected chi connectivity index (χ3v) is 3.43. The second kappa shape index (κ2) is 7.87. The van der Waals surface area contributed by atoms with E-state index in [4.69, 9.17) is 4.74 Å². The van der Waals surface area contributed by atoms with Crippen LogP contribution in [0.15, 0.2) is 33.6 Å². The van der Waals surface area contributed by atoms with Crippen LogP contribution in [0.2, 0.25) is 0 Å². The molecule has 0 aliphatic rings. The number of Topliss-reactive ketones (excluding diaryl/α,β-unsaturated/α-hetero) is 1. The predicted molar refractivity (Wildman–Crippen MR) is 71.0 cm³/mol. The van der Waals surface area contributed by atoms with Crippen molar-refractivity contribution in [1.82, 2.24) is 0 Å². The number of rotatable bonds is 7. The van der Waals surface area contributed by atoms with Gasteiger partial charge in [0.2, 0.25) is 0 Å². The molecule has 2 nitrogen and oxygen atoms in total. The van der Waals surface area contributed by atoms with Crippen LogP contribution in [0.5, 0.6) is 0 Å². The standard InChI is InChI=1S/C12H15BrO2S/c1-2-7-15-8-11(14)9-16-12-5-3-10(13)4-6-12/h3-6H,2,7-9H2,1H3. The Morgan fingerprint density at radius 2 is 2.06 bits per heavy atom. The quantitative estimate of drug-likeness (QED) is 0.569. The Morgan fingerprint density at radius 3 is 2.69 bits per heavy atom. The maximum atomic E-state index is 11.4. The summed E-state index contributed by atoms with van der Waals surface area (Å²) in [5, 5.41) is 0. The van der Waals surface area contributed by atoms with E-state index in [1.807, 2.05) is 31.2 Å². The largest absolute Gasteiger partial charge is 0.374 e. The van der Waals surface area contributed by atoms with Crippen molar-refractivity contribution in [3.8, 4) is 0 Å². The van der Waals surface area contributed by atoms with E-state index in [9.17, 15) is 4.79 Å². The minimum Gasteiger partial charge on any atom is -0.374 e. The minimum atomic E-state index is 0.140. The molecule has 0 radical (unpaired) electrons. The lowest BCUT2D eigenvalue weighted by molar-refractivity contribution is -0.121. The monoisotopic (exact) mass is 302 g/mol. The van der Waals surface area contributed by atoms with Gasteiger partial charge in [0.1, 0.15) is 6.61 Å². The first-order valence-electron chi connectivity index (χ1n) is 5.20. The minimum absolute atomic E-state index is 0.140. The van der Waals surface area contributed by atoms with Crippen LogP contribution in [0, 0.1) is 0 Å². The molecule has 0 heterocycles. The zero-order chi connectivity index (χ0) is 11.8. The van der Waals surface area contributed by atoms with Crippen molar-refractivity contribution in [1.29, 1.82) is 0 Å². The number of carbonyl (C=O) groups excluding carboxylic acids is 1. The average Bonchev–Trinajstić information content (AvgIpc) is 2.29. The van der Waals surface area contributed by atoms with Crippen LogP contribution in [0.3, 0.4) is 0 Å². The van der Waals surface area contributed by atoms with Gasteiger partial charge in [0, 0.05) is 16.0 Å². The smallest absolute Gasteiger partial charge is 0.168 e. The van der Waals surface area contributed by atoms with Crippen LogP contribution >= 0.6 is 27.7 Å². The van der Waals surface area contributed by atoms with E-state index < -0.39 is 0 Å². The lowest BCUT2D eigenvalue weighted by Crippen LogP contribution is -2.11. The van der Waals surface area contributed by atoms with Crippen LogP contribution < -0.4 is 0 Å². The molecule has 0 spiro atoms. The van der Waals surface area contributed by atoms with Crippen molar-refractivity contribution in [2.24, 2.45) is 0 Å². The van der Waals surface area contributed by atoms with Crippen LogP contribution in [0.1, 0.15) is 13.3 Å². The van der Waals surface area contributed by atoms with Gasteiger partial charge in [-0.15, -0.1) is 11.8 Å². The number of hydrogen-bond donors (Lipinski definition) is 0. The first-order valence-corrected chi connectivity index (χ1v) is 6.98. The Hall–Kier alpha value is -0.320. The Bertz CT molecular complexity index is 324. The zero-order valence-corrected chi connectivity index (χ0v) is 11.6. The van der Waals surface area contributed by atoms with E-state index in [1.54, 1.807) is 11.8 Å². The van der Waals surface area contributed by atoms with Crippen molar-refractivity contribution >= 4 is 33.5 Å². The molecule has 0 unspecified atom stereocenters. The van der Waals surface area contributed by atoms with Crippen molar-refractivity contribution in [3.05, 3.63) is 28.7 Å². The van der Waals surface area contributed by atoms with E-state index >= 15 is 0 Å². The highest BCUT2D eigenvalue weighted by Gasteiger charge is 2.03. The van der Waals surface area contributed by atoms with Gasteiger partial charge in [0.25, 0.3) is 0 Å². The molecule has 0 fully saturated rings.